The van der Waals surface area contributed by atoms with Gasteiger partial charge in [-0.3, -0.25) is 14.4 Å². The number of carbonyl (C=O) groups excluding carboxylic acids is 3. The molecule has 1 aliphatic rings. The molecule has 0 unspecified atom stereocenters. The Morgan fingerprint density at radius 3 is 2.59 bits per heavy atom. The Morgan fingerprint density at radius 1 is 1.10 bits per heavy atom. The Bertz CT molecular complexity index is 909. The number of ether oxygens (including phenoxy) is 1. The van der Waals surface area contributed by atoms with Gasteiger partial charge in [0, 0.05) is 36.3 Å². The zero-order chi connectivity index (χ0) is 20.8. The average Bonchev–Trinajstić information content (AvgIpc) is 2.75. The molecule has 1 heterocycles. The van der Waals surface area contributed by atoms with Crippen LogP contribution in [0.5, 0.6) is 5.75 Å². The van der Waals surface area contributed by atoms with Crippen LogP contribution >= 0.6 is 0 Å². The smallest absolute Gasteiger partial charge is 0.227 e. The minimum absolute atomic E-state index is 0.0306. The van der Waals surface area contributed by atoms with E-state index in [2.05, 4.69) is 5.32 Å². The highest BCUT2D eigenvalue weighted by molar-refractivity contribution is 6.00. The highest BCUT2D eigenvalue weighted by Gasteiger charge is 2.24. The van der Waals surface area contributed by atoms with Gasteiger partial charge in [-0.05, 0) is 54.8 Å². The minimum Gasteiger partial charge on any atom is -0.497 e. The summed E-state index contributed by atoms with van der Waals surface area (Å²) in [5.74, 6) is 0.0103. The van der Waals surface area contributed by atoms with Gasteiger partial charge in [0.2, 0.25) is 11.8 Å². The summed E-state index contributed by atoms with van der Waals surface area (Å²) in [6, 6.07) is 12.2. The molecule has 1 aliphatic heterocycles. The maximum Gasteiger partial charge on any atom is 0.227 e. The maximum atomic E-state index is 12.6. The molecule has 7 nitrogen and oxygen atoms in total. The normalized spacial score (nSPS) is 12.8. The van der Waals surface area contributed by atoms with Crippen molar-refractivity contribution in [3.63, 3.8) is 0 Å². The lowest BCUT2D eigenvalue weighted by Gasteiger charge is -2.30. The van der Waals surface area contributed by atoms with Gasteiger partial charge in [-0.15, -0.1) is 0 Å². The number of nitrogens with zero attached hydrogens (tertiary/aromatic N) is 1. The lowest BCUT2D eigenvalue weighted by atomic mass is 9.99. The van der Waals surface area contributed by atoms with Crippen molar-refractivity contribution in [2.45, 2.75) is 25.7 Å². The van der Waals surface area contributed by atoms with Crippen molar-refractivity contribution in [2.75, 3.05) is 30.8 Å². The van der Waals surface area contributed by atoms with E-state index in [1.807, 2.05) is 18.2 Å². The van der Waals surface area contributed by atoms with Gasteiger partial charge in [-0.2, -0.15) is 0 Å². The third-order valence-corrected chi connectivity index (χ3v) is 5.01. The summed E-state index contributed by atoms with van der Waals surface area (Å²) in [7, 11) is 1.55. The van der Waals surface area contributed by atoms with Gasteiger partial charge in [-0.25, -0.2) is 0 Å². The second kappa shape index (κ2) is 9.23. The van der Waals surface area contributed by atoms with Crippen molar-refractivity contribution in [3.8, 4) is 5.75 Å². The first-order valence-electron chi connectivity index (χ1n) is 9.61. The number of hydrogen-bond acceptors (Lipinski definition) is 5. The number of ketones is 1. The van der Waals surface area contributed by atoms with Gasteiger partial charge in [0.15, 0.2) is 5.78 Å². The van der Waals surface area contributed by atoms with Crippen LogP contribution in [-0.2, 0) is 16.0 Å². The highest BCUT2D eigenvalue weighted by atomic mass is 16.5. The van der Waals surface area contributed by atoms with Gasteiger partial charge >= 0.3 is 0 Å². The number of benzene rings is 2. The third kappa shape index (κ3) is 4.93. The van der Waals surface area contributed by atoms with Crippen LogP contribution in [0.1, 0.15) is 35.2 Å². The van der Waals surface area contributed by atoms with Crippen LogP contribution < -0.4 is 20.7 Å². The van der Waals surface area contributed by atoms with Gasteiger partial charge in [-0.1, -0.05) is 6.07 Å². The molecule has 0 aliphatic carbocycles. The van der Waals surface area contributed by atoms with Crippen molar-refractivity contribution in [1.82, 2.24) is 5.32 Å². The van der Waals surface area contributed by atoms with Crippen molar-refractivity contribution in [3.05, 3.63) is 53.6 Å². The Labute approximate surface area is 169 Å². The number of hydrogen-bond donors (Lipinski definition) is 2. The molecule has 0 atom stereocenters. The number of amides is 2. The molecule has 0 spiro atoms. The second-order valence-corrected chi connectivity index (χ2v) is 6.92. The van der Waals surface area contributed by atoms with Crippen LogP contribution in [0.4, 0.5) is 11.4 Å². The van der Waals surface area contributed by atoms with E-state index in [9.17, 15) is 14.4 Å². The fourth-order valence-electron chi connectivity index (χ4n) is 3.41. The summed E-state index contributed by atoms with van der Waals surface area (Å²) in [5.41, 5.74) is 9.01. The van der Waals surface area contributed by atoms with E-state index in [4.69, 9.17) is 10.5 Å². The standard InChI is InChI=1S/C22H25N3O4/c1-29-16-9-7-15(8-10-16)20(26)14-24-21(27)11-12-22(28)25-13-3-4-17-18(23)5-2-6-19(17)25/h2,5-10H,3-4,11-14,23H2,1H3,(H,24,27). The number of fused-ring (bicyclic) bond motifs is 1. The van der Waals surface area contributed by atoms with Crippen molar-refractivity contribution >= 4 is 29.0 Å². The van der Waals surface area contributed by atoms with E-state index in [1.54, 1.807) is 36.3 Å². The first-order chi connectivity index (χ1) is 14.0. The molecule has 2 aromatic rings. The molecule has 0 radical (unpaired) electrons. The van der Waals surface area contributed by atoms with Crippen LogP contribution in [0.3, 0.4) is 0 Å². The summed E-state index contributed by atoms with van der Waals surface area (Å²) in [4.78, 5) is 38.6. The van der Waals surface area contributed by atoms with Crippen molar-refractivity contribution in [1.29, 1.82) is 0 Å². The Morgan fingerprint density at radius 2 is 1.86 bits per heavy atom. The SMILES string of the molecule is COc1ccc(C(=O)CNC(=O)CCC(=O)N2CCCc3c(N)cccc32)cc1. The quantitative estimate of drug-likeness (QED) is 0.553. The van der Waals surface area contributed by atoms with Gasteiger partial charge in [0.1, 0.15) is 5.75 Å². The van der Waals surface area contributed by atoms with E-state index in [0.29, 0.717) is 23.5 Å². The molecule has 0 bridgehead atoms. The van der Waals surface area contributed by atoms with E-state index in [0.717, 1.165) is 24.1 Å². The van der Waals surface area contributed by atoms with E-state index >= 15 is 0 Å². The number of carbonyl (C=O) groups is 3. The Hall–Kier alpha value is -3.35. The number of Topliss-reactive ketones (excluding diaryl/α,β-unsaturated/α-hetero) is 1. The molecule has 29 heavy (non-hydrogen) atoms. The summed E-state index contributed by atoms with van der Waals surface area (Å²) < 4.78 is 5.06. The van der Waals surface area contributed by atoms with Crippen molar-refractivity contribution in [2.24, 2.45) is 0 Å². The van der Waals surface area contributed by atoms with Gasteiger partial charge in [0.05, 0.1) is 13.7 Å². The van der Waals surface area contributed by atoms with E-state index in [1.165, 1.54) is 0 Å². The Balaban J connectivity index is 1.49. The molecule has 3 rings (SSSR count). The maximum absolute atomic E-state index is 12.6. The molecule has 0 saturated carbocycles. The highest BCUT2D eigenvalue weighted by Crippen LogP contribution is 2.31. The molecule has 3 N–H and O–H groups in total. The van der Waals surface area contributed by atoms with Crippen LogP contribution in [0.25, 0.3) is 0 Å². The number of anilines is 2. The topological polar surface area (TPSA) is 102 Å². The van der Waals surface area contributed by atoms with Gasteiger partial charge in [0.25, 0.3) is 0 Å². The summed E-state index contributed by atoms with van der Waals surface area (Å²) >= 11 is 0. The van der Waals surface area contributed by atoms with E-state index < -0.39 is 0 Å². The van der Waals surface area contributed by atoms with Crippen LogP contribution in [-0.4, -0.2) is 37.8 Å². The predicted octanol–water partition coefficient (Wildman–Crippen LogP) is 2.34. The fourth-order valence-corrected chi connectivity index (χ4v) is 3.41. The number of nitrogens with two attached hydrogens (primary N) is 1. The number of nitrogen functional groups attached to an aromatic ring is 1. The zero-order valence-corrected chi connectivity index (χ0v) is 16.4. The molecule has 2 amide bonds. The summed E-state index contributed by atoms with van der Waals surface area (Å²) in [6.07, 6.45) is 1.80. The minimum atomic E-state index is -0.329. The number of rotatable bonds is 7. The molecular weight excluding hydrogens is 370 g/mol. The fraction of sp³-hybridized carbons (Fsp3) is 0.318. The first-order valence-corrected chi connectivity index (χ1v) is 9.61. The lowest BCUT2D eigenvalue weighted by Crippen LogP contribution is -2.37. The number of methoxy groups -OCH3 is 1. The molecular formula is C22H25N3O4. The van der Waals surface area contributed by atoms with Crippen LogP contribution in [0, 0.1) is 0 Å². The van der Waals surface area contributed by atoms with Crippen LogP contribution in [0.2, 0.25) is 0 Å². The molecule has 7 heteroatoms. The molecule has 152 valence electrons. The molecule has 0 aromatic heterocycles. The molecule has 2 aromatic carbocycles. The van der Waals surface area contributed by atoms with Crippen LogP contribution in [0.15, 0.2) is 42.5 Å². The zero-order valence-electron chi connectivity index (χ0n) is 16.4. The lowest BCUT2D eigenvalue weighted by molar-refractivity contribution is -0.125. The largest absolute Gasteiger partial charge is 0.497 e. The predicted molar refractivity (Wildman–Crippen MR) is 111 cm³/mol. The summed E-state index contributed by atoms with van der Waals surface area (Å²) in [6.45, 7) is 0.509. The number of nitrogens with one attached hydrogen (secondary N) is 1. The second-order valence-electron chi connectivity index (χ2n) is 6.92. The van der Waals surface area contributed by atoms with Gasteiger partial charge < -0.3 is 20.7 Å². The first kappa shape index (κ1) is 20.4. The Kier molecular flexibility index (Phi) is 6.49. The molecule has 0 saturated heterocycles. The third-order valence-electron chi connectivity index (χ3n) is 5.01. The van der Waals surface area contributed by atoms with E-state index in [-0.39, 0.29) is 37.0 Å². The summed E-state index contributed by atoms with van der Waals surface area (Å²) in [5, 5.41) is 2.59. The average molecular weight is 395 g/mol. The molecule has 0 fully saturated rings. The van der Waals surface area contributed by atoms with Crippen molar-refractivity contribution < 1.29 is 19.1 Å². The monoisotopic (exact) mass is 395 g/mol.